The van der Waals surface area contributed by atoms with Crippen LogP contribution in [0.5, 0.6) is 0 Å². The molecule has 18 heavy (non-hydrogen) atoms. The third-order valence-electron chi connectivity index (χ3n) is 2.41. The van der Waals surface area contributed by atoms with Crippen molar-refractivity contribution in [2.24, 2.45) is 0 Å². The average Bonchev–Trinajstić information content (AvgIpc) is 2.30. The standard InChI is InChI=1S/C14H19N3O/c1-10(2)17-14(18)6-7-16-13-5-4-11(3)8-12(13)9-15/h4-5,8,10,16H,6-7H2,1-3H3,(H,17,18). The Morgan fingerprint density at radius 1 is 1.44 bits per heavy atom. The molecule has 0 aliphatic rings. The van der Waals surface area contributed by atoms with Crippen LogP contribution in [-0.2, 0) is 4.79 Å². The number of amides is 1. The fraction of sp³-hybridized carbons (Fsp3) is 0.429. The fourth-order valence-corrected chi connectivity index (χ4v) is 1.61. The normalized spacial score (nSPS) is 9.94. The Balaban J connectivity index is 2.50. The summed E-state index contributed by atoms with van der Waals surface area (Å²) in [5.41, 5.74) is 2.44. The van der Waals surface area contributed by atoms with Gasteiger partial charge in [0.2, 0.25) is 5.91 Å². The van der Waals surface area contributed by atoms with Gasteiger partial charge in [-0.25, -0.2) is 0 Å². The lowest BCUT2D eigenvalue weighted by Gasteiger charge is -2.10. The van der Waals surface area contributed by atoms with Gasteiger partial charge in [0.1, 0.15) is 6.07 Å². The molecule has 96 valence electrons. The van der Waals surface area contributed by atoms with Gasteiger partial charge in [0.15, 0.2) is 0 Å². The topological polar surface area (TPSA) is 64.9 Å². The molecule has 4 heteroatoms. The second kappa shape index (κ2) is 6.65. The summed E-state index contributed by atoms with van der Waals surface area (Å²) in [5.74, 6) is 0.0168. The van der Waals surface area contributed by atoms with Crippen LogP contribution in [-0.4, -0.2) is 18.5 Å². The highest BCUT2D eigenvalue weighted by molar-refractivity contribution is 5.76. The van der Waals surface area contributed by atoms with Gasteiger partial charge in [0.25, 0.3) is 0 Å². The number of carbonyl (C=O) groups excluding carboxylic acids is 1. The Hall–Kier alpha value is -2.02. The average molecular weight is 245 g/mol. The summed E-state index contributed by atoms with van der Waals surface area (Å²) in [6.45, 7) is 6.33. The van der Waals surface area contributed by atoms with Crippen LogP contribution in [0.4, 0.5) is 5.69 Å². The summed E-state index contributed by atoms with van der Waals surface area (Å²) in [6, 6.07) is 7.94. The molecule has 0 atom stereocenters. The first kappa shape index (κ1) is 14.0. The Bertz CT molecular complexity index is 461. The Morgan fingerprint density at radius 3 is 2.78 bits per heavy atom. The van der Waals surface area contributed by atoms with Crippen molar-refractivity contribution in [2.45, 2.75) is 33.2 Å². The minimum absolute atomic E-state index is 0.0168. The van der Waals surface area contributed by atoms with E-state index in [0.717, 1.165) is 11.3 Å². The number of nitrogens with zero attached hydrogens (tertiary/aromatic N) is 1. The van der Waals surface area contributed by atoms with Crippen LogP contribution in [0.15, 0.2) is 18.2 Å². The van der Waals surface area contributed by atoms with Gasteiger partial charge in [-0.1, -0.05) is 6.07 Å². The molecular weight excluding hydrogens is 226 g/mol. The molecule has 0 radical (unpaired) electrons. The highest BCUT2D eigenvalue weighted by atomic mass is 16.1. The SMILES string of the molecule is Cc1ccc(NCCC(=O)NC(C)C)c(C#N)c1. The number of hydrogen-bond donors (Lipinski definition) is 2. The predicted octanol–water partition coefficient (Wildman–Crippen LogP) is 2.19. The predicted molar refractivity (Wildman–Crippen MR) is 72.3 cm³/mol. The minimum Gasteiger partial charge on any atom is -0.383 e. The zero-order valence-electron chi connectivity index (χ0n) is 11.1. The number of rotatable bonds is 5. The van der Waals surface area contributed by atoms with Crippen LogP contribution in [0.3, 0.4) is 0 Å². The number of carbonyl (C=O) groups is 1. The number of benzene rings is 1. The van der Waals surface area contributed by atoms with Crippen molar-refractivity contribution in [1.82, 2.24) is 5.32 Å². The van der Waals surface area contributed by atoms with Crippen LogP contribution in [0.25, 0.3) is 0 Å². The Labute approximate surface area is 108 Å². The maximum atomic E-state index is 11.4. The van der Waals surface area contributed by atoms with E-state index in [1.807, 2.05) is 39.0 Å². The fourth-order valence-electron chi connectivity index (χ4n) is 1.61. The van der Waals surface area contributed by atoms with Gasteiger partial charge in [-0.05, 0) is 38.5 Å². The van der Waals surface area contributed by atoms with Crippen molar-refractivity contribution < 1.29 is 4.79 Å². The van der Waals surface area contributed by atoms with Crippen molar-refractivity contribution >= 4 is 11.6 Å². The first-order chi connectivity index (χ1) is 8.52. The van der Waals surface area contributed by atoms with Crippen molar-refractivity contribution in [3.63, 3.8) is 0 Å². The number of aryl methyl sites for hydroxylation is 1. The molecule has 0 aromatic heterocycles. The molecule has 0 spiro atoms. The second-order valence-corrected chi connectivity index (χ2v) is 4.56. The van der Waals surface area contributed by atoms with Gasteiger partial charge in [-0.15, -0.1) is 0 Å². The molecule has 0 saturated carbocycles. The summed E-state index contributed by atoms with van der Waals surface area (Å²) in [5, 5.41) is 14.9. The highest BCUT2D eigenvalue weighted by Gasteiger charge is 2.05. The smallest absolute Gasteiger partial charge is 0.221 e. The third kappa shape index (κ3) is 4.46. The van der Waals surface area contributed by atoms with Gasteiger partial charge in [0, 0.05) is 19.0 Å². The first-order valence-electron chi connectivity index (χ1n) is 6.07. The summed E-state index contributed by atoms with van der Waals surface area (Å²) in [7, 11) is 0. The largest absolute Gasteiger partial charge is 0.383 e. The third-order valence-corrected chi connectivity index (χ3v) is 2.41. The van der Waals surface area contributed by atoms with E-state index in [4.69, 9.17) is 5.26 Å². The van der Waals surface area contributed by atoms with E-state index in [1.54, 1.807) is 0 Å². The Kier molecular flexibility index (Phi) is 5.19. The lowest BCUT2D eigenvalue weighted by Crippen LogP contribution is -2.31. The highest BCUT2D eigenvalue weighted by Crippen LogP contribution is 2.15. The number of nitriles is 1. The minimum atomic E-state index is 0.0168. The quantitative estimate of drug-likeness (QED) is 0.835. The van der Waals surface area contributed by atoms with Gasteiger partial charge < -0.3 is 10.6 Å². The van der Waals surface area contributed by atoms with E-state index in [-0.39, 0.29) is 11.9 Å². The molecule has 4 nitrogen and oxygen atoms in total. The van der Waals surface area contributed by atoms with E-state index >= 15 is 0 Å². The maximum absolute atomic E-state index is 11.4. The maximum Gasteiger partial charge on any atom is 0.221 e. The molecule has 2 N–H and O–H groups in total. The number of anilines is 1. The van der Waals surface area contributed by atoms with Gasteiger partial charge in [-0.3, -0.25) is 4.79 Å². The van der Waals surface area contributed by atoms with Gasteiger partial charge in [-0.2, -0.15) is 5.26 Å². The monoisotopic (exact) mass is 245 g/mol. The zero-order valence-corrected chi connectivity index (χ0v) is 11.1. The van der Waals surface area contributed by atoms with Crippen LogP contribution in [0.1, 0.15) is 31.4 Å². The van der Waals surface area contributed by atoms with E-state index in [1.165, 1.54) is 0 Å². The van der Waals surface area contributed by atoms with Gasteiger partial charge >= 0.3 is 0 Å². The zero-order chi connectivity index (χ0) is 13.5. The molecule has 1 amide bonds. The molecule has 0 aliphatic carbocycles. The van der Waals surface area contributed by atoms with Crippen molar-refractivity contribution in [1.29, 1.82) is 5.26 Å². The van der Waals surface area contributed by atoms with Crippen LogP contribution in [0.2, 0.25) is 0 Å². The molecule has 1 aromatic rings. The number of nitrogens with one attached hydrogen (secondary N) is 2. The van der Waals surface area contributed by atoms with E-state index in [2.05, 4.69) is 16.7 Å². The Morgan fingerprint density at radius 2 is 2.17 bits per heavy atom. The van der Waals surface area contributed by atoms with Crippen molar-refractivity contribution in [3.05, 3.63) is 29.3 Å². The molecular formula is C14H19N3O. The molecule has 0 unspecified atom stereocenters. The van der Waals surface area contributed by atoms with E-state index in [9.17, 15) is 4.79 Å². The first-order valence-corrected chi connectivity index (χ1v) is 6.07. The van der Waals surface area contributed by atoms with Crippen LogP contribution < -0.4 is 10.6 Å². The molecule has 0 saturated heterocycles. The lowest BCUT2D eigenvalue weighted by atomic mass is 10.1. The van der Waals surface area contributed by atoms with Crippen molar-refractivity contribution in [3.8, 4) is 6.07 Å². The summed E-state index contributed by atoms with van der Waals surface area (Å²) < 4.78 is 0. The van der Waals surface area contributed by atoms with Crippen LogP contribution >= 0.6 is 0 Å². The summed E-state index contributed by atoms with van der Waals surface area (Å²) in [4.78, 5) is 11.4. The molecule has 0 aliphatic heterocycles. The molecule has 0 bridgehead atoms. The van der Waals surface area contributed by atoms with E-state index in [0.29, 0.717) is 18.5 Å². The molecule has 1 aromatic carbocycles. The molecule has 0 heterocycles. The van der Waals surface area contributed by atoms with Gasteiger partial charge in [0.05, 0.1) is 11.3 Å². The van der Waals surface area contributed by atoms with Crippen molar-refractivity contribution in [2.75, 3.05) is 11.9 Å². The van der Waals surface area contributed by atoms with E-state index < -0.39 is 0 Å². The summed E-state index contributed by atoms with van der Waals surface area (Å²) >= 11 is 0. The molecule has 1 rings (SSSR count). The molecule has 0 fully saturated rings. The van der Waals surface area contributed by atoms with Crippen LogP contribution in [0, 0.1) is 18.3 Å². The summed E-state index contributed by atoms with van der Waals surface area (Å²) in [6.07, 6.45) is 0.400. The lowest BCUT2D eigenvalue weighted by molar-refractivity contribution is -0.121. The number of hydrogen-bond acceptors (Lipinski definition) is 3. The second-order valence-electron chi connectivity index (χ2n) is 4.56.